The normalized spacial score (nSPS) is 14.7. The minimum atomic E-state index is -0.133. The van der Waals surface area contributed by atoms with Gasteiger partial charge in [0.05, 0.1) is 12.2 Å². The van der Waals surface area contributed by atoms with Crippen molar-refractivity contribution in [3.05, 3.63) is 34.5 Å². The van der Waals surface area contributed by atoms with E-state index < -0.39 is 0 Å². The maximum Gasteiger partial charge on any atom is 0.276 e. The van der Waals surface area contributed by atoms with E-state index in [9.17, 15) is 4.79 Å². The van der Waals surface area contributed by atoms with Gasteiger partial charge in [0.2, 0.25) is 0 Å². The molecule has 0 N–H and O–H groups in total. The van der Waals surface area contributed by atoms with Crippen molar-refractivity contribution in [1.82, 2.24) is 15.2 Å². The van der Waals surface area contributed by atoms with Crippen LogP contribution in [0.3, 0.4) is 0 Å². The number of rotatable bonds is 1. The average Bonchev–Trinajstić information content (AvgIpc) is 2.95. The van der Waals surface area contributed by atoms with Crippen LogP contribution in [-0.2, 0) is 13.0 Å². The second kappa shape index (κ2) is 3.97. The van der Waals surface area contributed by atoms with Gasteiger partial charge in [0.25, 0.3) is 5.91 Å². The molecule has 94 valence electrons. The van der Waals surface area contributed by atoms with E-state index in [1.165, 1.54) is 0 Å². The molecule has 0 bridgehead atoms. The van der Waals surface area contributed by atoms with E-state index in [1.54, 1.807) is 17.9 Å². The highest BCUT2D eigenvalue weighted by molar-refractivity contribution is 5.92. The highest BCUT2D eigenvalue weighted by atomic mass is 16.5. The molecule has 0 radical (unpaired) electrons. The minimum Gasteiger partial charge on any atom is -0.361 e. The molecule has 1 aliphatic rings. The van der Waals surface area contributed by atoms with Crippen LogP contribution in [0.15, 0.2) is 15.1 Å². The van der Waals surface area contributed by atoms with E-state index >= 15 is 0 Å². The van der Waals surface area contributed by atoms with Crippen LogP contribution < -0.4 is 0 Å². The Balaban J connectivity index is 1.82. The SMILES string of the molecule is Cc1cc(C(=O)N2CCc3c(C)noc3C2)no1. The molecule has 1 aliphatic heterocycles. The molecule has 0 aromatic carbocycles. The van der Waals surface area contributed by atoms with Gasteiger partial charge in [-0.3, -0.25) is 4.79 Å². The van der Waals surface area contributed by atoms with Crippen molar-refractivity contribution >= 4 is 5.91 Å². The van der Waals surface area contributed by atoms with Crippen molar-refractivity contribution in [2.45, 2.75) is 26.8 Å². The quantitative estimate of drug-likeness (QED) is 0.763. The maximum atomic E-state index is 12.2. The summed E-state index contributed by atoms with van der Waals surface area (Å²) in [5.41, 5.74) is 2.37. The minimum absolute atomic E-state index is 0.133. The second-order valence-corrected chi connectivity index (χ2v) is 4.47. The topological polar surface area (TPSA) is 72.4 Å². The lowest BCUT2D eigenvalue weighted by molar-refractivity contribution is 0.0705. The number of aromatic nitrogens is 2. The summed E-state index contributed by atoms with van der Waals surface area (Å²) in [5, 5.41) is 7.66. The van der Waals surface area contributed by atoms with E-state index in [0.717, 1.165) is 23.4 Å². The van der Waals surface area contributed by atoms with E-state index in [-0.39, 0.29) is 5.91 Å². The first kappa shape index (κ1) is 11.0. The second-order valence-electron chi connectivity index (χ2n) is 4.47. The number of hydrogen-bond acceptors (Lipinski definition) is 5. The van der Waals surface area contributed by atoms with E-state index in [0.29, 0.717) is 24.5 Å². The third kappa shape index (κ3) is 1.70. The predicted octanol–water partition coefficient (Wildman–Crippen LogP) is 1.48. The van der Waals surface area contributed by atoms with Gasteiger partial charge in [-0.05, 0) is 20.3 Å². The first-order valence-electron chi connectivity index (χ1n) is 5.82. The number of amides is 1. The largest absolute Gasteiger partial charge is 0.361 e. The Hall–Kier alpha value is -2.11. The summed E-state index contributed by atoms with van der Waals surface area (Å²) < 4.78 is 10.1. The van der Waals surface area contributed by atoms with E-state index in [2.05, 4.69) is 10.3 Å². The fraction of sp³-hybridized carbons (Fsp3) is 0.417. The highest BCUT2D eigenvalue weighted by Gasteiger charge is 2.27. The van der Waals surface area contributed by atoms with Gasteiger partial charge in [0, 0.05) is 18.2 Å². The Morgan fingerprint density at radius 1 is 1.33 bits per heavy atom. The standard InChI is InChI=1S/C12H13N3O3/c1-7-5-10(14-17-7)12(16)15-4-3-9-8(2)13-18-11(9)6-15/h5H,3-4,6H2,1-2H3. The molecule has 0 saturated heterocycles. The van der Waals surface area contributed by atoms with Crippen LogP contribution in [0.5, 0.6) is 0 Å². The molecule has 0 fully saturated rings. The Labute approximate surface area is 104 Å². The van der Waals surface area contributed by atoms with Crippen LogP contribution >= 0.6 is 0 Å². The van der Waals surface area contributed by atoms with Crippen molar-refractivity contribution in [3.8, 4) is 0 Å². The Kier molecular flexibility index (Phi) is 2.43. The molecule has 0 saturated carbocycles. The van der Waals surface area contributed by atoms with Crippen molar-refractivity contribution in [2.24, 2.45) is 0 Å². The van der Waals surface area contributed by atoms with E-state index in [1.807, 2.05) is 6.92 Å². The number of fused-ring (bicyclic) bond motifs is 1. The summed E-state index contributed by atoms with van der Waals surface area (Å²) in [7, 11) is 0. The number of hydrogen-bond donors (Lipinski definition) is 0. The lowest BCUT2D eigenvalue weighted by atomic mass is 10.1. The molecule has 2 aromatic heterocycles. The molecule has 6 heteroatoms. The highest BCUT2D eigenvalue weighted by Crippen LogP contribution is 2.22. The molecule has 3 rings (SSSR count). The van der Waals surface area contributed by atoms with Crippen LogP contribution in [0.1, 0.15) is 33.3 Å². The van der Waals surface area contributed by atoms with Gasteiger partial charge in [-0.25, -0.2) is 0 Å². The van der Waals surface area contributed by atoms with Crippen molar-refractivity contribution < 1.29 is 13.8 Å². The van der Waals surface area contributed by atoms with Crippen molar-refractivity contribution in [2.75, 3.05) is 6.54 Å². The Morgan fingerprint density at radius 3 is 2.89 bits per heavy atom. The smallest absolute Gasteiger partial charge is 0.276 e. The monoisotopic (exact) mass is 247 g/mol. The third-order valence-corrected chi connectivity index (χ3v) is 3.17. The number of carbonyl (C=O) groups excluding carboxylic acids is 1. The summed E-state index contributed by atoms with van der Waals surface area (Å²) in [4.78, 5) is 13.9. The molecule has 6 nitrogen and oxygen atoms in total. The number of carbonyl (C=O) groups is 1. The summed E-state index contributed by atoms with van der Waals surface area (Å²) in [6, 6.07) is 1.64. The molecule has 2 aromatic rings. The van der Waals surface area contributed by atoms with Gasteiger partial charge in [0.15, 0.2) is 11.5 Å². The molecule has 18 heavy (non-hydrogen) atoms. The molecule has 0 unspecified atom stereocenters. The zero-order valence-electron chi connectivity index (χ0n) is 10.3. The summed E-state index contributed by atoms with van der Waals surface area (Å²) in [5.74, 6) is 1.27. The fourth-order valence-electron chi connectivity index (χ4n) is 2.18. The van der Waals surface area contributed by atoms with Crippen LogP contribution in [0, 0.1) is 13.8 Å². The van der Waals surface area contributed by atoms with Gasteiger partial charge < -0.3 is 13.9 Å². The molecular weight excluding hydrogens is 234 g/mol. The Morgan fingerprint density at radius 2 is 2.17 bits per heavy atom. The van der Waals surface area contributed by atoms with Gasteiger partial charge in [0.1, 0.15) is 5.76 Å². The number of aryl methyl sites for hydroxylation is 2. The number of nitrogens with zero attached hydrogens (tertiary/aromatic N) is 3. The molecule has 0 aliphatic carbocycles. The lowest BCUT2D eigenvalue weighted by Crippen LogP contribution is -2.35. The average molecular weight is 247 g/mol. The predicted molar refractivity (Wildman–Crippen MR) is 60.9 cm³/mol. The van der Waals surface area contributed by atoms with Gasteiger partial charge in [-0.2, -0.15) is 0 Å². The third-order valence-electron chi connectivity index (χ3n) is 3.17. The summed E-state index contributed by atoms with van der Waals surface area (Å²) >= 11 is 0. The van der Waals surface area contributed by atoms with Crippen LogP contribution in [0.25, 0.3) is 0 Å². The van der Waals surface area contributed by atoms with Crippen molar-refractivity contribution in [3.63, 3.8) is 0 Å². The lowest BCUT2D eigenvalue weighted by Gasteiger charge is -2.24. The molecular formula is C12H13N3O3. The zero-order chi connectivity index (χ0) is 12.7. The molecule has 1 amide bonds. The Bertz CT molecular complexity index is 599. The molecule has 0 atom stereocenters. The van der Waals surface area contributed by atoms with Crippen LogP contribution in [0.2, 0.25) is 0 Å². The van der Waals surface area contributed by atoms with Crippen LogP contribution in [0.4, 0.5) is 0 Å². The molecule has 0 spiro atoms. The maximum absolute atomic E-state index is 12.2. The van der Waals surface area contributed by atoms with Crippen molar-refractivity contribution in [1.29, 1.82) is 0 Å². The fourth-order valence-corrected chi connectivity index (χ4v) is 2.18. The van der Waals surface area contributed by atoms with Gasteiger partial charge >= 0.3 is 0 Å². The first-order chi connectivity index (χ1) is 8.65. The summed E-state index contributed by atoms with van der Waals surface area (Å²) in [6.45, 7) is 4.78. The molecule has 3 heterocycles. The van der Waals surface area contributed by atoms with Crippen LogP contribution in [-0.4, -0.2) is 27.7 Å². The van der Waals surface area contributed by atoms with Gasteiger partial charge in [-0.15, -0.1) is 0 Å². The van der Waals surface area contributed by atoms with E-state index in [4.69, 9.17) is 9.05 Å². The first-order valence-corrected chi connectivity index (χ1v) is 5.82. The summed E-state index contributed by atoms with van der Waals surface area (Å²) in [6.07, 6.45) is 0.771. The zero-order valence-corrected chi connectivity index (χ0v) is 10.3. The van der Waals surface area contributed by atoms with Gasteiger partial charge in [-0.1, -0.05) is 10.3 Å².